The molecular weight excluding hydrogens is 262 g/mol. The molecule has 0 saturated carbocycles. The number of amides is 1. The van der Waals surface area contributed by atoms with E-state index < -0.39 is 11.1 Å². The van der Waals surface area contributed by atoms with E-state index in [1.807, 2.05) is 31.2 Å². The van der Waals surface area contributed by atoms with Crippen molar-refractivity contribution in [2.24, 2.45) is 0 Å². The Morgan fingerprint density at radius 2 is 1.33 bits per heavy atom. The van der Waals surface area contributed by atoms with E-state index in [0.29, 0.717) is 0 Å². The molecule has 0 spiro atoms. The van der Waals surface area contributed by atoms with Crippen LogP contribution in [0.2, 0.25) is 0 Å². The van der Waals surface area contributed by atoms with E-state index in [-0.39, 0.29) is 5.91 Å². The van der Waals surface area contributed by atoms with Gasteiger partial charge in [0.15, 0.2) is 0 Å². The van der Waals surface area contributed by atoms with Crippen molar-refractivity contribution < 1.29 is 9.63 Å². The van der Waals surface area contributed by atoms with E-state index in [9.17, 15) is 4.79 Å². The van der Waals surface area contributed by atoms with Crippen LogP contribution >= 0.6 is 0 Å². The summed E-state index contributed by atoms with van der Waals surface area (Å²) in [4.78, 5) is 18.3. The zero-order chi connectivity index (χ0) is 14.8. The number of carbonyl (C=O) groups excluding carboxylic acids is 1. The van der Waals surface area contributed by atoms with Gasteiger partial charge in [-0.2, -0.15) is 0 Å². The topological polar surface area (TPSA) is 29.5 Å². The highest BCUT2D eigenvalue weighted by Gasteiger charge is 2.58. The summed E-state index contributed by atoms with van der Waals surface area (Å²) in [7, 11) is 0. The minimum absolute atomic E-state index is 0.0762. The molecular formula is C18H17NO2. The highest BCUT2D eigenvalue weighted by molar-refractivity contribution is 5.76. The molecule has 21 heavy (non-hydrogen) atoms. The van der Waals surface area contributed by atoms with Gasteiger partial charge in [-0.1, -0.05) is 48.5 Å². The van der Waals surface area contributed by atoms with Gasteiger partial charge in [-0.25, -0.2) is 5.06 Å². The third-order valence-corrected chi connectivity index (χ3v) is 4.90. The fourth-order valence-electron chi connectivity index (χ4n) is 3.91. The molecule has 0 saturated heterocycles. The Morgan fingerprint density at radius 3 is 1.76 bits per heavy atom. The van der Waals surface area contributed by atoms with Crippen LogP contribution in [0.25, 0.3) is 0 Å². The molecule has 3 aliphatic rings. The average Bonchev–Trinajstić information content (AvgIpc) is 2.50. The molecule has 1 aliphatic carbocycles. The van der Waals surface area contributed by atoms with Crippen LogP contribution in [-0.4, -0.2) is 11.0 Å². The number of rotatable bonds is 0. The van der Waals surface area contributed by atoms with Gasteiger partial charge in [0.25, 0.3) is 0 Å². The van der Waals surface area contributed by atoms with Crippen LogP contribution < -0.4 is 0 Å². The fraction of sp³-hybridized carbons (Fsp3) is 0.278. The molecule has 2 heterocycles. The first kappa shape index (κ1) is 12.6. The Kier molecular flexibility index (Phi) is 2.24. The second kappa shape index (κ2) is 3.74. The molecule has 2 aromatic rings. The lowest BCUT2D eigenvalue weighted by atomic mass is 9.65. The zero-order valence-electron chi connectivity index (χ0n) is 12.4. The maximum absolute atomic E-state index is 12.2. The molecule has 1 amide bonds. The van der Waals surface area contributed by atoms with Crippen molar-refractivity contribution in [1.29, 1.82) is 0 Å². The van der Waals surface area contributed by atoms with Crippen LogP contribution in [0.3, 0.4) is 0 Å². The summed E-state index contributed by atoms with van der Waals surface area (Å²) in [5.74, 6) is -0.0762. The van der Waals surface area contributed by atoms with Crippen LogP contribution in [0.4, 0.5) is 0 Å². The quantitative estimate of drug-likeness (QED) is 0.740. The molecule has 5 rings (SSSR count). The molecule has 2 aromatic carbocycles. The number of hydroxylamine groups is 2. The van der Waals surface area contributed by atoms with Gasteiger partial charge in [-0.3, -0.25) is 9.63 Å². The van der Waals surface area contributed by atoms with E-state index in [0.717, 1.165) is 22.3 Å². The summed E-state index contributed by atoms with van der Waals surface area (Å²) >= 11 is 0. The molecule has 2 bridgehead atoms. The van der Waals surface area contributed by atoms with Crippen LogP contribution in [0.5, 0.6) is 0 Å². The van der Waals surface area contributed by atoms with Crippen LogP contribution in [0, 0.1) is 0 Å². The SMILES string of the molecule is CC(=O)N1OC2(C)c3ccccc3C1(C)c1ccccc12. The summed E-state index contributed by atoms with van der Waals surface area (Å²) in [6.07, 6.45) is 0. The largest absolute Gasteiger partial charge is 0.273 e. The Hall–Kier alpha value is -2.13. The van der Waals surface area contributed by atoms with Gasteiger partial charge in [0.1, 0.15) is 11.1 Å². The molecule has 3 heteroatoms. The van der Waals surface area contributed by atoms with Gasteiger partial charge >= 0.3 is 0 Å². The van der Waals surface area contributed by atoms with Gasteiger partial charge in [0.2, 0.25) is 5.91 Å². The van der Waals surface area contributed by atoms with Gasteiger partial charge in [-0.15, -0.1) is 0 Å². The smallest absolute Gasteiger partial charge is 0.244 e. The monoisotopic (exact) mass is 279 g/mol. The minimum Gasteiger partial charge on any atom is -0.273 e. The highest BCUT2D eigenvalue weighted by Crippen LogP contribution is 2.57. The Labute approximate surface area is 124 Å². The third-order valence-electron chi connectivity index (χ3n) is 4.90. The standard InChI is InChI=1S/C18H17NO2/c1-12(20)19-17(2)13-8-4-6-10-15(13)18(3,21-19)16-11-7-5-9-14(16)17/h4-11H,1-3H3. The van der Waals surface area contributed by atoms with Gasteiger partial charge < -0.3 is 0 Å². The maximum Gasteiger partial charge on any atom is 0.244 e. The lowest BCUT2D eigenvalue weighted by molar-refractivity contribution is -0.281. The van der Waals surface area contributed by atoms with Gasteiger partial charge in [-0.05, 0) is 36.1 Å². The summed E-state index contributed by atoms with van der Waals surface area (Å²) in [6.45, 7) is 5.66. The zero-order valence-corrected chi connectivity index (χ0v) is 12.4. The molecule has 106 valence electrons. The Bertz CT molecular complexity index is 718. The first-order valence-corrected chi connectivity index (χ1v) is 7.19. The van der Waals surface area contributed by atoms with E-state index in [2.05, 4.69) is 31.2 Å². The van der Waals surface area contributed by atoms with E-state index in [1.165, 1.54) is 5.06 Å². The first-order chi connectivity index (χ1) is 9.99. The van der Waals surface area contributed by atoms with Crippen molar-refractivity contribution in [2.45, 2.75) is 31.9 Å². The normalized spacial score (nSPS) is 29.0. The summed E-state index contributed by atoms with van der Waals surface area (Å²) in [5.41, 5.74) is 3.39. The summed E-state index contributed by atoms with van der Waals surface area (Å²) in [5, 5.41) is 1.54. The lowest BCUT2D eigenvalue weighted by Gasteiger charge is -2.57. The van der Waals surface area contributed by atoms with E-state index in [1.54, 1.807) is 6.92 Å². The van der Waals surface area contributed by atoms with Crippen molar-refractivity contribution in [3.63, 3.8) is 0 Å². The second-order valence-corrected chi connectivity index (χ2v) is 6.10. The molecule has 0 aromatic heterocycles. The van der Waals surface area contributed by atoms with Crippen molar-refractivity contribution in [3.8, 4) is 0 Å². The molecule has 0 atom stereocenters. The molecule has 0 unspecified atom stereocenters. The van der Waals surface area contributed by atoms with E-state index >= 15 is 0 Å². The maximum atomic E-state index is 12.2. The van der Waals surface area contributed by atoms with Crippen LogP contribution in [0.1, 0.15) is 43.0 Å². The summed E-state index contributed by atoms with van der Waals surface area (Å²) < 4.78 is 0. The molecule has 0 fully saturated rings. The number of carbonyl (C=O) groups is 1. The summed E-state index contributed by atoms with van der Waals surface area (Å²) in [6, 6.07) is 16.5. The molecule has 0 N–H and O–H groups in total. The van der Waals surface area contributed by atoms with Crippen molar-refractivity contribution in [2.75, 3.05) is 0 Å². The molecule has 0 radical (unpaired) electrons. The fourth-order valence-corrected chi connectivity index (χ4v) is 3.91. The van der Waals surface area contributed by atoms with Crippen molar-refractivity contribution in [3.05, 3.63) is 70.8 Å². The number of hydrogen-bond acceptors (Lipinski definition) is 2. The highest BCUT2D eigenvalue weighted by atomic mass is 16.7. The third kappa shape index (κ3) is 1.30. The van der Waals surface area contributed by atoms with Gasteiger partial charge in [0.05, 0.1) is 0 Å². The van der Waals surface area contributed by atoms with Gasteiger partial charge in [0, 0.05) is 6.92 Å². The Balaban J connectivity index is 2.15. The predicted molar refractivity (Wildman–Crippen MR) is 79.4 cm³/mol. The second-order valence-electron chi connectivity index (χ2n) is 6.10. The number of nitrogens with zero attached hydrogens (tertiary/aromatic N) is 1. The lowest BCUT2D eigenvalue weighted by Crippen LogP contribution is -2.61. The predicted octanol–water partition coefficient (Wildman–Crippen LogP) is 3.32. The minimum atomic E-state index is -0.614. The van der Waals surface area contributed by atoms with Crippen molar-refractivity contribution in [1.82, 2.24) is 5.06 Å². The molecule has 2 aliphatic heterocycles. The van der Waals surface area contributed by atoms with Crippen molar-refractivity contribution >= 4 is 5.91 Å². The number of hydrogen-bond donors (Lipinski definition) is 0. The number of fused-ring (bicyclic) bond motifs is 1. The number of benzene rings is 2. The first-order valence-electron chi connectivity index (χ1n) is 7.19. The molecule has 3 nitrogen and oxygen atoms in total. The Morgan fingerprint density at radius 1 is 0.905 bits per heavy atom. The van der Waals surface area contributed by atoms with E-state index in [4.69, 9.17) is 4.84 Å². The van der Waals surface area contributed by atoms with Crippen LogP contribution in [0.15, 0.2) is 48.5 Å². The van der Waals surface area contributed by atoms with Crippen LogP contribution in [-0.2, 0) is 20.8 Å². The average molecular weight is 279 g/mol.